The van der Waals surface area contributed by atoms with Crippen LogP contribution in [0.25, 0.3) is 0 Å². The summed E-state index contributed by atoms with van der Waals surface area (Å²) in [6.45, 7) is 1.64. The van der Waals surface area contributed by atoms with Crippen LogP contribution in [0.5, 0.6) is 0 Å². The van der Waals surface area contributed by atoms with Gasteiger partial charge in [-0.25, -0.2) is 8.78 Å². The second-order valence-electron chi connectivity index (χ2n) is 4.46. The summed E-state index contributed by atoms with van der Waals surface area (Å²) >= 11 is 5.66. The third-order valence-corrected chi connectivity index (χ3v) is 3.24. The topological polar surface area (TPSA) is 20.2 Å². The normalized spacial score (nSPS) is 12.5. The number of aryl methyl sites for hydroxylation is 1. The van der Waals surface area contributed by atoms with Crippen molar-refractivity contribution in [3.8, 4) is 0 Å². The average Bonchev–Trinajstić information content (AvgIpc) is 2.36. The van der Waals surface area contributed by atoms with Gasteiger partial charge in [0.05, 0.1) is 6.10 Å². The van der Waals surface area contributed by atoms with Crippen molar-refractivity contribution in [1.82, 2.24) is 0 Å². The van der Waals surface area contributed by atoms with E-state index in [1.54, 1.807) is 25.1 Å². The van der Waals surface area contributed by atoms with Gasteiger partial charge in [0.1, 0.15) is 11.6 Å². The monoisotopic (exact) mass is 282 g/mol. The van der Waals surface area contributed by atoms with Crippen molar-refractivity contribution >= 4 is 11.6 Å². The summed E-state index contributed by atoms with van der Waals surface area (Å²) < 4.78 is 27.0. The zero-order chi connectivity index (χ0) is 14.0. The third-order valence-electron chi connectivity index (χ3n) is 3.01. The molecule has 0 heterocycles. The quantitative estimate of drug-likeness (QED) is 0.894. The Labute approximate surface area is 115 Å². The Bertz CT molecular complexity index is 599. The van der Waals surface area contributed by atoms with Crippen LogP contribution in [0.15, 0.2) is 36.4 Å². The van der Waals surface area contributed by atoms with Crippen molar-refractivity contribution < 1.29 is 13.9 Å². The molecule has 0 spiro atoms. The summed E-state index contributed by atoms with van der Waals surface area (Å²) in [5, 5.41) is 10.3. The first-order valence-corrected chi connectivity index (χ1v) is 6.23. The predicted octanol–water partition coefficient (Wildman–Crippen LogP) is 4.20. The number of benzene rings is 2. The molecule has 100 valence electrons. The third kappa shape index (κ3) is 3.31. The lowest BCUT2D eigenvalue weighted by Crippen LogP contribution is -2.04. The van der Waals surface area contributed by atoms with Gasteiger partial charge in [-0.15, -0.1) is 0 Å². The molecule has 4 heteroatoms. The summed E-state index contributed by atoms with van der Waals surface area (Å²) in [4.78, 5) is 0. The van der Waals surface area contributed by atoms with E-state index in [1.165, 1.54) is 18.2 Å². The number of aliphatic hydroxyl groups excluding tert-OH is 1. The molecule has 2 rings (SSSR count). The molecule has 19 heavy (non-hydrogen) atoms. The maximum atomic E-state index is 13.6. The van der Waals surface area contributed by atoms with Crippen LogP contribution in [0.2, 0.25) is 5.02 Å². The Kier molecular flexibility index (Phi) is 4.17. The highest BCUT2D eigenvalue weighted by molar-refractivity contribution is 6.30. The van der Waals surface area contributed by atoms with E-state index in [0.29, 0.717) is 21.7 Å². The molecular formula is C15H13ClF2O. The maximum Gasteiger partial charge on any atom is 0.127 e. The van der Waals surface area contributed by atoms with Gasteiger partial charge in [-0.2, -0.15) is 0 Å². The van der Waals surface area contributed by atoms with Gasteiger partial charge in [0, 0.05) is 11.4 Å². The molecule has 2 aromatic carbocycles. The van der Waals surface area contributed by atoms with Crippen LogP contribution < -0.4 is 0 Å². The fourth-order valence-corrected chi connectivity index (χ4v) is 1.99. The minimum absolute atomic E-state index is 0.0749. The number of halogens is 3. The minimum Gasteiger partial charge on any atom is -0.388 e. The van der Waals surface area contributed by atoms with Gasteiger partial charge in [-0.05, 0) is 41.8 Å². The van der Waals surface area contributed by atoms with E-state index in [1.807, 2.05) is 0 Å². The standard InChI is InChI=1S/C15H13ClF2O/c1-9-2-3-11(6-13(9)17)15(19)7-10-4-5-12(16)8-14(10)18/h2-6,8,15,19H,7H2,1H3. The fourth-order valence-electron chi connectivity index (χ4n) is 1.83. The Hall–Kier alpha value is -1.45. The highest BCUT2D eigenvalue weighted by Gasteiger charge is 2.13. The first-order valence-electron chi connectivity index (χ1n) is 5.85. The molecule has 1 unspecified atom stereocenters. The first-order chi connectivity index (χ1) is 8.97. The van der Waals surface area contributed by atoms with E-state index in [9.17, 15) is 13.9 Å². The largest absolute Gasteiger partial charge is 0.388 e. The van der Waals surface area contributed by atoms with Crippen molar-refractivity contribution in [2.45, 2.75) is 19.4 Å². The van der Waals surface area contributed by atoms with Crippen LogP contribution in [0.1, 0.15) is 22.8 Å². The highest BCUT2D eigenvalue weighted by atomic mass is 35.5. The van der Waals surface area contributed by atoms with Crippen molar-refractivity contribution in [2.75, 3.05) is 0 Å². The molecule has 1 N–H and O–H groups in total. The van der Waals surface area contributed by atoms with E-state index in [-0.39, 0.29) is 12.2 Å². The molecule has 0 saturated carbocycles. The van der Waals surface area contributed by atoms with Gasteiger partial charge in [-0.1, -0.05) is 29.8 Å². The van der Waals surface area contributed by atoms with Gasteiger partial charge < -0.3 is 5.11 Å². The summed E-state index contributed by atoms with van der Waals surface area (Å²) in [5.74, 6) is -0.854. The summed E-state index contributed by atoms with van der Waals surface area (Å²) in [5.41, 5.74) is 1.28. The molecule has 0 fully saturated rings. The highest BCUT2D eigenvalue weighted by Crippen LogP contribution is 2.23. The molecular weight excluding hydrogens is 270 g/mol. The van der Waals surface area contributed by atoms with E-state index in [0.717, 1.165) is 0 Å². The van der Waals surface area contributed by atoms with Crippen LogP contribution in [-0.2, 0) is 6.42 Å². The number of hydrogen-bond donors (Lipinski definition) is 1. The van der Waals surface area contributed by atoms with Gasteiger partial charge >= 0.3 is 0 Å². The first kappa shape index (κ1) is 14.0. The zero-order valence-corrected chi connectivity index (χ0v) is 11.1. The summed E-state index contributed by atoms with van der Waals surface area (Å²) in [7, 11) is 0. The Morgan fingerprint density at radius 1 is 1.11 bits per heavy atom. The predicted molar refractivity (Wildman–Crippen MR) is 71.2 cm³/mol. The maximum absolute atomic E-state index is 13.6. The molecule has 0 saturated heterocycles. The number of aliphatic hydroxyl groups is 1. The molecule has 0 aliphatic heterocycles. The van der Waals surface area contributed by atoms with Crippen molar-refractivity contribution in [1.29, 1.82) is 0 Å². The molecule has 2 aromatic rings. The fraction of sp³-hybridized carbons (Fsp3) is 0.200. The molecule has 1 nitrogen and oxygen atoms in total. The van der Waals surface area contributed by atoms with Crippen LogP contribution in [0.4, 0.5) is 8.78 Å². The molecule has 0 bridgehead atoms. The minimum atomic E-state index is -0.953. The SMILES string of the molecule is Cc1ccc(C(O)Cc2ccc(Cl)cc2F)cc1F. The molecule has 0 aromatic heterocycles. The average molecular weight is 283 g/mol. The molecule has 0 radical (unpaired) electrons. The Morgan fingerprint density at radius 3 is 2.47 bits per heavy atom. The summed E-state index contributed by atoms with van der Waals surface area (Å²) in [6, 6.07) is 8.77. The molecule has 0 amide bonds. The lowest BCUT2D eigenvalue weighted by molar-refractivity contribution is 0.176. The van der Waals surface area contributed by atoms with Gasteiger partial charge in [0.25, 0.3) is 0 Å². The van der Waals surface area contributed by atoms with Crippen LogP contribution >= 0.6 is 11.6 Å². The Morgan fingerprint density at radius 2 is 1.84 bits per heavy atom. The van der Waals surface area contributed by atoms with Gasteiger partial charge in [-0.3, -0.25) is 0 Å². The smallest absolute Gasteiger partial charge is 0.127 e. The lowest BCUT2D eigenvalue weighted by Gasteiger charge is -2.12. The number of rotatable bonds is 3. The Balaban J connectivity index is 2.20. The second-order valence-corrected chi connectivity index (χ2v) is 4.90. The summed E-state index contributed by atoms with van der Waals surface area (Å²) in [6.07, 6.45) is -0.878. The van der Waals surface area contributed by atoms with Gasteiger partial charge in [0.15, 0.2) is 0 Å². The number of hydrogen-bond acceptors (Lipinski definition) is 1. The molecule has 1 atom stereocenters. The van der Waals surface area contributed by atoms with E-state index in [2.05, 4.69) is 0 Å². The zero-order valence-electron chi connectivity index (χ0n) is 10.3. The van der Waals surface area contributed by atoms with Crippen molar-refractivity contribution in [2.24, 2.45) is 0 Å². The van der Waals surface area contributed by atoms with Crippen LogP contribution in [0.3, 0.4) is 0 Å². The van der Waals surface area contributed by atoms with E-state index >= 15 is 0 Å². The van der Waals surface area contributed by atoms with Crippen molar-refractivity contribution in [3.63, 3.8) is 0 Å². The van der Waals surface area contributed by atoms with E-state index in [4.69, 9.17) is 11.6 Å². The van der Waals surface area contributed by atoms with Crippen LogP contribution in [0, 0.1) is 18.6 Å². The van der Waals surface area contributed by atoms with Gasteiger partial charge in [0.2, 0.25) is 0 Å². The molecule has 0 aliphatic carbocycles. The van der Waals surface area contributed by atoms with Crippen LogP contribution in [-0.4, -0.2) is 5.11 Å². The van der Waals surface area contributed by atoms with Crippen molar-refractivity contribution in [3.05, 3.63) is 69.7 Å². The molecule has 0 aliphatic rings. The van der Waals surface area contributed by atoms with E-state index < -0.39 is 11.9 Å². The lowest BCUT2D eigenvalue weighted by atomic mass is 10.00. The second kappa shape index (κ2) is 5.68.